The van der Waals surface area contributed by atoms with Gasteiger partial charge in [0, 0.05) is 25.7 Å². The second-order valence-electron chi connectivity index (χ2n) is 4.90. The first-order valence-corrected chi connectivity index (χ1v) is 6.75. The maximum atomic E-state index is 5.71. The van der Waals surface area contributed by atoms with E-state index in [0.29, 0.717) is 0 Å². The van der Waals surface area contributed by atoms with E-state index in [1.807, 2.05) is 0 Å². The van der Waals surface area contributed by atoms with Crippen LogP contribution in [-0.4, -0.2) is 30.6 Å². The van der Waals surface area contributed by atoms with E-state index < -0.39 is 0 Å². The largest absolute Gasteiger partial charge is 0.329 e. The van der Waals surface area contributed by atoms with Crippen LogP contribution in [0.25, 0.3) is 0 Å². The van der Waals surface area contributed by atoms with Crippen molar-refractivity contribution in [3.8, 4) is 0 Å². The first-order chi connectivity index (χ1) is 7.31. The predicted octanol–water partition coefficient (Wildman–Crippen LogP) is 2.63. The highest BCUT2D eigenvalue weighted by Gasteiger charge is 2.21. The van der Waals surface area contributed by atoms with E-state index in [4.69, 9.17) is 5.73 Å². The Labute approximate surface area is 95.2 Å². The molecule has 1 saturated carbocycles. The Hall–Kier alpha value is -0.0800. The molecular formula is C13H28N2. The van der Waals surface area contributed by atoms with Crippen molar-refractivity contribution in [3.05, 3.63) is 0 Å². The van der Waals surface area contributed by atoms with E-state index in [0.717, 1.165) is 25.0 Å². The van der Waals surface area contributed by atoms with Gasteiger partial charge in [-0.15, -0.1) is 0 Å². The van der Waals surface area contributed by atoms with Crippen molar-refractivity contribution in [3.63, 3.8) is 0 Å². The molecule has 0 aromatic carbocycles. The number of nitrogens with zero attached hydrogens (tertiary/aromatic N) is 1. The standard InChI is InChI=1S/C13H28N2/c1-3-13(4-2)15(10-9-14)11-12-7-5-6-8-12/h12-13H,3-11,14H2,1-2H3. The lowest BCUT2D eigenvalue weighted by Gasteiger charge is -2.32. The highest BCUT2D eigenvalue weighted by Crippen LogP contribution is 2.26. The summed E-state index contributed by atoms with van der Waals surface area (Å²) in [6.07, 6.45) is 8.32. The molecule has 0 unspecified atom stereocenters. The van der Waals surface area contributed by atoms with Gasteiger partial charge in [-0.25, -0.2) is 0 Å². The molecular weight excluding hydrogens is 184 g/mol. The van der Waals surface area contributed by atoms with Gasteiger partial charge in [0.1, 0.15) is 0 Å². The molecule has 0 spiro atoms. The van der Waals surface area contributed by atoms with Crippen LogP contribution in [0.5, 0.6) is 0 Å². The minimum atomic E-state index is 0.758. The Morgan fingerprint density at radius 1 is 1.20 bits per heavy atom. The van der Waals surface area contributed by atoms with Crippen LogP contribution in [-0.2, 0) is 0 Å². The second kappa shape index (κ2) is 7.24. The molecule has 1 aliphatic rings. The molecule has 1 fully saturated rings. The molecule has 0 atom stereocenters. The second-order valence-corrected chi connectivity index (χ2v) is 4.90. The summed E-state index contributed by atoms with van der Waals surface area (Å²) in [5, 5.41) is 0. The highest BCUT2D eigenvalue weighted by atomic mass is 15.2. The first-order valence-electron chi connectivity index (χ1n) is 6.75. The number of rotatable bonds is 7. The van der Waals surface area contributed by atoms with Gasteiger partial charge in [0.2, 0.25) is 0 Å². The fourth-order valence-corrected chi connectivity index (χ4v) is 2.92. The maximum Gasteiger partial charge on any atom is 0.0108 e. The molecule has 2 heteroatoms. The van der Waals surface area contributed by atoms with Gasteiger partial charge in [0.15, 0.2) is 0 Å². The summed E-state index contributed by atoms with van der Waals surface area (Å²) in [4.78, 5) is 2.63. The Kier molecular flexibility index (Phi) is 6.26. The highest BCUT2D eigenvalue weighted by molar-refractivity contribution is 4.76. The summed E-state index contributed by atoms with van der Waals surface area (Å²) in [5.74, 6) is 0.956. The molecule has 0 aromatic rings. The zero-order valence-corrected chi connectivity index (χ0v) is 10.5. The van der Waals surface area contributed by atoms with E-state index in [1.165, 1.54) is 45.1 Å². The normalized spacial score (nSPS) is 18.2. The molecule has 2 N–H and O–H groups in total. The lowest BCUT2D eigenvalue weighted by atomic mass is 10.0. The summed E-state index contributed by atoms with van der Waals surface area (Å²) in [6.45, 7) is 7.79. The van der Waals surface area contributed by atoms with Gasteiger partial charge in [-0.05, 0) is 31.6 Å². The molecule has 0 amide bonds. The van der Waals surface area contributed by atoms with Crippen LogP contribution >= 0.6 is 0 Å². The molecule has 0 aliphatic heterocycles. The Balaban J connectivity index is 2.40. The molecule has 0 heterocycles. The van der Waals surface area contributed by atoms with Gasteiger partial charge in [-0.1, -0.05) is 26.7 Å². The predicted molar refractivity (Wildman–Crippen MR) is 67.0 cm³/mol. The van der Waals surface area contributed by atoms with Crippen molar-refractivity contribution in [2.24, 2.45) is 11.7 Å². The Morgan fingerprint density at radius 2 is 1.80 bits per heavy atom. The van der Waals surface area contributed by atoms with Crippen LogP contribution < -0.4 is 5.73 Å². The van der Waals surface area contributed by atoms with E-state index in [9.17, 15) is 0 Å². The van der Waals surface area contributed by atoms with Crippen LogP contribution in [0.3, 0.4) is 0 Å². The fourth-order valence-electron chi connectivity index (χ4n) is 2.92. The van der Waals surface area contributed by atoms with Gasteiger partial charge >= 0.3 is 0 Å². The van der Waals surface area contributed by atoms with Crippen LogP contribution in [0.2, 0.25) is 0 Å². The molecule has 90 valence electrons. The van der Waals surface area contributed by atoms with Gasteiger partial charge in [-0.2, -0.15) is 0 Å². The van der Waals surface area contributed by atoms with Gasteiger partial charge < -0.3 is 5.73 Å². The molecule has 1 aliphatic carbocycles. The summed E-state index contributed by atoms with van der Waals surface area (Å²) < 4.78 is 0. The summed E-state index contributed by atoms with van der Waals surface area (Å²) in [5.41, 5.74) is 5.71. The van der Waals surface area contributed by atoms with E-state index in [2.05, 4.69) is 18.7 Å². The van der Waals surface area contributed by atoms with Gasteiger partial charge in [0.05, 0.1) is 0 Å². The van der Waals surface area contributed by atoms with E-state index >= 15 is 0 Å². The zero-order valence-electron chi connectivity index (χ0n) is 10.5. The van der Waals surface area contributed by atoms with Crippen molar-refractivity contribution in [1.82, 2.24) is 4.90 Å². The number of hydrogen-bond acceptors (Lipinski definition) is 2. The molecule has 1 rings (SSSR count). The quantitative estimate of drug-likeness (QED) is 0.703. The van der Waals surface area contributed by atoms with E-state index in [-0.39, 0.29) is 0 Å². The summed E-state index contributed by atoms with van der Waals surface area (Å²) in [7, 11) is 0. The molecule has 0 bridgehead atoms. The van der Waals surface area contributed by atoms with Crippen molar-refractivity contribution >= 4 is 0 Å². The minimum Gasteiger partial charge on any atom is -0.329 e. The fraction of sp³-hybridized carbons (Fsp3) is 1.00. The average molecular weight is 212 g/mol. The molecule has 0 radical (unpaired) electrons. The van der Waals surface area contributed by atoms with Crippen LogP contribution in [0, 0.1) is 5.92 Å². The molecule has 0 saturated heterocycles. The third-order valence-corrected chi connectivity index (χ3v) is 3.84. The van der Waals surface area contributed by atoms with Crippen LogP contribution in [0.4, 0.5) is 0 Å². The molecule has 0 aromatic heterocycles. The SMILES string of the molecule is CCC(CC)N(CCN)CC1CCCC1. The lowest BCUT2D eigenvalue weighted by molar-refractivity contribution is 0.162. The van der Waals surface area contributed by atoms with Crippen molar-refractivity contribution in [1.29, 1.82) is 0 Å². The van der Waals surface area contributed by atoms with Crippen molar-refractivity contribution in [2.45, 2.75) is 58.4 Å². The lowest BCUT2D eigenvalue weighted by Crippen LogP contribution is -2.40. The average Bonchev–Trinajstić information content (AvgIpc) is 2.72. The third kappa shape index (κ3) is 4.12. The van der Waals surface area contributed by atoms with Gasteiger partial charge in [-0.3, -0.25) is 4.90 Å². The maximum absolute atomic E-state index is 5.71. The first kappa shape index (κ1) is 13.0. The summed E-state index contributed by atoms with van der Waals surface area (Å²) >= 11 is 0. The topological polar surface area (TPSA) is 29.3 Å². The molecule has 2 nitrogen and oxygen atoms in total. The van der Waals surface area contributed by atoms with Crippen LogP contribution in [0.1, 0.15) is 52.4 Å². The Bertz CT molecular complexity index is 149. The Morgan fingerprint density at radius 3 is 2.27 bits per heavy atom. The smallest absolute Gasteiger partial charge is 0.0108 e. The number of hydrogen-bond donors (Lipinski definition) is 1. The summed E-state index contributed by atoms with van der Waals surface area (Å²) in [6, 6.07) is 0.758. The molecule has 15 heavy (non-hydrogen) atoms. The number of nitrogens with two attached hydrogens (primary N) is 1. The zero-order chi connectivity index (χ0) is 11.1. The van der Waals surface area contributed by atoms with E-state index in [1.54, 1.807) is 0 Å². The monoisotopic (exact) mass is 212 g/mol. The van der Waals surface area contributed by atoms with Crippen molar-refractivity contribution in [2.75, 3.05) is 19.6 Å². The minimum absolute atomic E-state index is 0.758. The van der Waals surface area contributed by atoms with Crippen LogP contribution in [0.15, 0.2) is 0 Å². The third-order valence-electron chi connectivity index (χ3n) is 3.84. The van der Waals surface area contributed by atoms with Crippen molar-refractivity contribution < 1.29 is 0 Å². The van der Waals surface area contributed by atoms with Gasteiger partial charge in [0.25, 0.3) is 0 Å².